The Bertz CT molecular complexity index is 1220. The van der Waals surface area contributed by atoms with Crippen LogP contribution < -0.4 is 10.1 Å². The Morgan fingerprint density at radius 3 is 2.11 bits per heavy atom. The van der Waals surface area contributed by atoms with Crippen LogP contribution in [-0.4, -0.2) is 29.9 Å². The highest BCUT2D eigenvalue weighted by Gasteiger charge is 2.30. The zero-order valence-electron chi connectivity index (χ0n) is 20.3. The quantitative estimate of drug-likeness (QED) is 0.334. The van der Waals surface area contributed by atoms with Crippen molar-refractivity contribution in [3.8, 4) is 5.75 Å². The third-order valence-corrected chi connectivity index (χ3v) is 6.00. The average molecular weight is 483 g/mol. The molecule has 0 bridgehead atoms. The van der Waals surface area contributed by atoms with E-state index in [4.69, 9.17) is 9.15 Å². The molecule has 0 aliphatic rings. The van der Waals surface area contributed by atoms with Crippen molar-refractivity contribution < 1.29 is 18.7 Å². The summed E-state index contributed by atoms with van der Waals surface area (Å²) in [6.07, 6.45) is 2.16. The monoisotopic (exact) mass is 482 g/mol. The Kier molecular flexibility index (Phi) is 8.54. The number of furan rings is 1. The van der Waals surface area contributed by atoms with Gasteiger partial charge >= 0.3 is 0 Å². The van der Waals surface area contributed by atoms with Crippen LogP contribution in [0.4, 0.5) is 0 Å². The zero-order chi connectivity index (χ0) is 25.2. The fourth-order valence-corrected chi connectivity index (χ4v) is 4.06. The van der Waals surface area contributed by atoms with E-state index in [-0.39, 0.29) is 24.8 Å². The van der Waals surface area contributed by atoms with Gasteiger partial charge in [-0.3, -0.25) is 9.59 Å². The largest absolute Gasteiger partial charge is 0.497 e. The summed E-state index contributed by atoms with van der Waals surface area (Å²) in [4.78, 5) is 29.0. The molecule has 36 heavy (non-hydrogen) atoms. The maximum atomic E-state index is 13.7. The second kappa shape index (κ2) is 12.4. The van der Waals surface area contributed by atoms with Gasteiger partial charge in [-0.1, -0.05) is 72.8 Å². The van der Waals surface area contributed by atoms with E-state index < -0.39 is 6.04 Å². The molecule has 3 aromatic carbocycles. The summed E-state index contributed by atoms with van der Waals surface area (Å²) in [5.74, 6) is 1.04. The smallest absolute Gasteiger partial charge is 0.243 e. The first-order valence-corrected chi connectivity index (χ1v) is 11.9. The highest BCUT2D eigenvalue weighted by Crippen LogP contribution is 2.19. The van der Waals surface area contributed by atoms with Crippen LogP contribution in [0.5, 0.6) is 5.75 Å². The van der Waals surface area contributed by atoms with Gasteiger partial charge in [-0.05, 0) is 41.0 Å². The maximum absolute atomic E-state index is 13.7. The van der Waals surface area contributed by atoms with Gasteiger partial charge in [-0.15, -0.1) is 0 Å². The molecule has 0 unspecified atom stereocenters. The molecule has 0 fully saturated rings. The van der Waals surface area contributed by atoms with Crippen molar-refractivity contribution in [2.24, 2.45) is 0 Å². The number of nitrogens with one attached hydrogen (secondary N) is 1. The standard InChI is InChI=1S/C30H30N2O4/c1-35-26-16-14-25(15-17-26)22-32(29(33)20-24-11-6-3-7-12-24)28(19-23-9-4-2-5-10-23)30(34)31-21-27-13-8-18-36-27/h2-18,28H,19-22H2,1H3,(H,31,34)/t28-/m1/s1. The third-order valence-electron chi connectivity index (χ3n) is 6.00. The number of methoxy groups -OCH3 is 1. The molecule has 1 N–H and O–H groups in total. The highest BCUT2D eigenvalue weighted by atomic mass is 16.5. The number of nitrogens with zero attached hydrogens (tertiary/aromatic N) is 1. The number of amides is 2. The molecule has 1 atom stereocenters. The summed E-state index contributed by atoms with van der Waals surface area (Å²) in [5.41, 5.74) is 2.79. The Hall–Kier alpha value is -4.32. The molecule has 1 heterocycles. The predicted molar refractivity (Wildman–Crippen MR) is 138 cm³/mol. The Morgan fingerprint density at radius 1 is 0.833 bits per heavy atom. The van der Waals surface area contributed by atoms with Gasteiger partial charge in [0.25, 0.3) is 0 Å². The number of carbonyl (C=O) groups excluding carboxylic acids is 2. The number of hydrogen-bond acceptors (Lipinski definition) is 4. The Labute approximate surface area is 211 Å². The van der Waals surface area contributed by atoms with Crippen molar-refractivity contribution in [2.75, 3.05) is 7.11 Å². The van der Waals surface area contributed by atoms with Gasteiger partial charge in [0.2, 0.25) is 11.8 Å². The SMILES string of the molecule is COc1ccc(CN(C(=O)Cc2ccccc2)[C@H](Cc2ccccc2)C(=O)NCc2ccco2)cc1. The van der Waals surface area contributed by atoms with Gasteiger partial charge in [0.1, 0.15) is 17.6 Å². The lowest BCUT2D eigenvalue weighted by atomic mass is 10.0. The van der Waals surface area contributed by atoms with Gasteiger partial charge in [0.15, 0.2) is 0 Å². The van der Waals surface area contributed by atoms with Crippen molar-refractivity contribution in [1.82, 2.24) is 10.2 Å². The van der Waals surface area contributed by atoms with Gasteiger partial charge < -0.3 is 19.4 Å². The van der Waals surface area contributed by atoms with E-state index in [1.54, 1.807) is 24.3 Å². The summed E-state index contributed by atoms with van der Waals surface area (Å²) in [6.45, 7) is 0.543. The highest BCUT2D eigenvalue weighted by molar-refractivity contribution is 5.88. The molecule has 0 spiro atoms. The van der Waals surface area contributed by atoms with E-state index in [0.717, 1.165) is 22.4 Å². The molecule has 0 aliphatic carbocycles. The van der Waals surface area contributed by atoms with Crippen LogP contribution in [0.3, 0.4) is 0 Å². The van der Waals surface area contributed by atoms with E-state index in [9.17, 15) is 9.59 Å². The van der Waals surface area contributed by atoms with Crippen LogP contribution in [-0.2, 0) is 35.5 Å². The fraction of sp³-hybridized carbons (Fsp3) is 0.200. The third kappa shape index (κ3) is 6.85. The van der Waals surface area contributed by atoms with Crippen molar-refractivity contribution in [3.63, 3.8) is 0 Å². The molecular weight excluding hydrogens is 452 g/mol. The molecule has 184 valence electrons. The molecule has 6 nitrogen and oxygen atoms in total. The Balaban J connectivity index is 1.63. The van der Waals surface area contributed by atoms with Crippen molar-refractivity contribution in [3.05, 3.63) is 126 Å². The number of hydrogen-bond donors (Lipinski definition) is 1. The van der Waals surface area contributed by atoms with Crippen LogP contribution >= 0.6 is 0 Å². The molecule has 0 aliphatic heterocycles. The van der Waals surface area contributed by atoms with Crippen molar-refractivity contribution in [1.29, 1.82) is 0 Å². The first kappa shape index (κ1) is 24.8. The summed E-state index contributed by atoms with van der Waals surface area (Å²) >= 11 is 0. The van der Waals surface area contributed by atoms with Crippen LogP contribution in [0.25, 0.3) is 0 Å². The normalized spacial score (nSPS) is 11.5. The minimum absolute atomic E-state index is 0.119. The predicted octanol–water partition coefficient (Wildman–Crippen LogP) is 4.79. The van der Waals surface area contributed by atoms with Crippen LogP contribution in [0.15, 0.2) is 108 Å². The number of carbonyl (C=O) groups is 2. The minimum Gasteiger partial charge on any atom is -0.497 e. The van der Waals surface area contributed by atoms with E-state index in [1.807, 2.05) is 91.0 Å². The van der Waals surface area contributed by atoms with Crippen molar-refractivity contribution >= 4 is 11.8 Å². The van der Waals surface area contributed by atoms with E-state index in [2.05, 4.69) is 5.32 Å². The van der Waals surface area contributed by atoms with E-state index >= 15 is 0 Å². The second-order valence-electron chi connectivity index (χ2n) is 8.53. The summed E-state index contributed by atoms with van der Waals surface area (Å²) in [5, 5.41) is 2.96. The zero-order valence-corrected chi connectivity index (χ0v) is 20.3. The summed E-state index contributed by atoms with van der Waals surface area (Å²) in [7, 11) is 1.62. The van der Waals surface area contributed by atoms with Crippen LogP contribution in [0.2, 0.25) is 0 Å². The number of rotatable bonds is 11. The molecule has 4 aromatic rings. The first-order chi connectivity index (χ1) is 17.6. The lowest BCUT2D eigenvalue weighted by Crippen LogP contribution is -2.50. The molecular formula is C30H30N2O4. The number of ether oxygens (including phenoxy) is 1. The molecule has 4 rings (SSSR count). The summed E-state index contributed by atoms with van der Waals surface area (Å²) in [6, 6.07) is 29.8. The van der Waals surface area contributed by atoms with Crippen molar-refractivity contribution in [2.45, 2.75) is 32.0 Å². The van der Waals surface area contributed by atoms with E-state index in [0.29, 0.717) is 18.7 Å². The average Bonchev–Trinajstić information content (AvgIpc) is 3.44. The maximum Gasteiger partial charge on any atom is 0.243 e. The minimum atomic E-state index is -0.708. The Morgan fingerprint density at radius 2 is 1.50 bits per heavy atom. The number of benzene rings is 3. The lowest BCUT2D eigenvalue weighted by Gasteiger charge is -2.31. The molecule has 6 heteroatoms. The van der Waals surface area contributed by atoms with E-state index in [1.165, 1.54) is 0 Å². The molecule has 0 saturated carbocycles. The molecule has 1 aromatic heterocycles. The van der Waals surface area contributed by atoms with Gasteiger partial charge in [-0.25, -0.2) is 0 Å². The summed E-state index contributed by atoms with van der Waals surface area (Å²) < 4.78 is 10.7. The van der Waals surface area contributed by atoms with Crippen LogP contribution in [0.1, 0.15) is 22.5 Å². The fourth-order valence-electron chi connectivity index (χ4n) is 4.06. The molecule has 0 radical (unpaired) electrons. The molecule has 2 amide bonds. The second-order valence-corrected chi connectivity index (χ2v) is 8.53. The topological polar surface area (TPSA) is 71.8 Å². The first-order valence-electron chi connectivity index (χ1n) is 11.9. The molecule has 0 saturated heterocycles. The van der Waals surface area contributed by atoms with Gasteiger partial charge in [-0.2, -0.15) is 0 Å². The van der Waals surface area contributed by atoms with Gasteiger partial charge in [0.05, 0.1) is 26.3 Å². The van der Waals surface area contributed by atoms with Crippen LogP contribution in [0, 0.1) is 0 Å². The van der Waals surface area contributed by atoms with Gasteiger partial charge in [0, 0.05) is 13.0 Å². The lowest BCUT2D eigenvalue weighted by molar-refractivity contribution is -0.140.